The van der Waals surface area contributed by atoms with E-state index in [1.54, 1.807) is 0 Å². The van der Waals surface area contributed by atoms with E-state index >= 15 is 0 Å². The molecule has 0 heterocycles. The van der Waals surface area contributed by atoms with Crippen molar-refractivity contribution in [3.63, 3.8) is 0 Å². The predicted molar refractivity (Wildman–Crippen MR) is 167 cm³/mol. The molecule has 0 radical (unpaired) electrons. The molecule has 1 aromatic rings. The Morgan fingerprint density at radius 2 is 1.50 bits per heavy atom. The molecule has 1 aromatic carbocycles. The van der Waals surface area contributed by atoms with Crippen LogP contribution in [0.2, 0.25) is 0 Å². The quantitative estimate of drug-likeness (QED) is 0.155. The number of carboxylic acids is 1. The van der Waals surface area contributed by atoms with E-state index in [4.69, 9.17) is 4.74 Å². The number of phenols is 3. The molecule has 0 spiro atoms. The number of hydrogen-bond donors (Lipinski definition) is 4. The second kappa shape index (κ2) is 9.90. The summed E-state index contributed by atoms with van der Waals surface area (Å²) in [5.41, 5.74) is 0.547. The normalized spacial score (nSPS) is 44.2. The molecule has 5 aliphatic rings. The zero-order chi connectivity index (χ0) is 32.2. The third kappa shape index (κ3) is 3.98. The highest BCUT2D eigenvalue weighted by Crippen LogP contribution is 2.76. The molecular formula is C37H52O7. The minimum absolute atomic E-state index is 0.0111. The Morgan fingerprint density at radius 1 is 0.841 bits per heavy atom. The zero-order valence-corrected chi connectivity index (χ0v) is 27.6. The molecule has 5 aliphatic carbocycles. The first kappa shape index (κ1) is 31.3. The number of phenolic OH excluding ortho intramolecular Hbond substituents is 3. The molecule has 0 aliphatic heterocycles. The summed E-state index contributed by atoms with van der Waals surface area (Å²) in [6, 6.07) is 2.26. The number of fused-ring (bicyclic) bond motifs is 7. The van der Waals surface area contributed by atoms with Crippen LogP contribution in [0, 0.1) is 56.7 Å². The van der Waals surface area contributed by atoms with E-state index in [0.29, 0.717) is 23.7 Å². The standard InChI is InChI=1S/C37H52O7/c1-20-10-15-37(32(42)43)17-16-35(6)23(29(37)21(20)2)8-9-27-34(5)13-12-28(33(3,4)26(34)11-14-36(27,35)7)44-31(41)22-18-24(38)30(40)25(39)19-22/h8,18-21,26-29,38-40H,9-17H2,1-7H3,(H,42,43)/t20-,21+,26+,27-,28+,29?,34+,35-,36-,37+/m1/s1. The third-order valence-corrected chi connectivity index (χ3v) is 14.9. The van der Waals surface area contributed by atoms with Gasteiger partial charge in [-0.25, -0.2) is 4.79 Å². The Kier molecular flexibility index (Phi) is 7.04. The lowest BCUT2D eigenvalue weighted by atomic mass is 9.33. The van der Waals surface area contributed by atoms with Gasteiger partial charge in [0.1, 0.15) is 6.10 Å². The van der Waals surface area contributed by atoms with Crippen molar-refractivity contribution in [3.8, 4) is 17.2 Å². The Bertz CT molecular complexity index is 1390. The molecule has 0 bridgehead atoms. The number of hydrogen-bond acceptors (Lipinski definition) is 6. The van der Waals surface area contributed by atoms with E-state index in [1.807, 2.05) is 0 Å². The first-order valence-electron chi connectivity index (χ1n) is 16.8. The average molecular weight is 609 g/mol. The molecule has 0 amide bonds. The van der Waals surface area contributed by atoms with Crippen LogP contribution in [-0.4, -0.2) is 38.5 Å². The van der Waals surface area contributed by atoms with Crippen molar-refractivity contribution in [3.05, 3.63) is 29.3 Å². The number of allylic oxidation sites excluding steroid dienone is 2. The molecule has 4 fully saturated rings. The maximum atomic E-state index is 13.2. The van der Waals surface area contributed by atoms with Gasteiger partial charge in [0.2, 0.25) is 0 Å². The summed E-state index contributed by atoms with van der Waals surface area (Å²) >= 11 is 0. The molecule has 10 atom stereocenters. The van der Waals surface area contributed by atoms with Crippen LogP contribution in [-0.2, 0) is 9.53 Å². The van der Waals surface area contributed by atoms with Gasteiger partial charge in [0.25, 0.3) is 0 Å². The van der Waals surface area contributed by atoms with Gasteiger partial charge in [-0.15, -0.1) is 0 Å². The van der Waals surface area contributed by atoms with Gasteiger partial charge in [-0.2, -0.15) is 0 Å². The third-order valence-electron chi connectivity index (χ3n) is 14.9. The van der Waals surface area contributed by atoms with Crippen LogP contribution < -0.4 is 0 Å². The first-order chi connectivity index (χ1) is 20.4. The van der Waals surface area contributed by atoms with Gasteiger partial charge >= 0.3 is 11.9 Å². The van der Waals surface area contributed by atoms with Gasteiger partial charge in [-0.05, 0) is 116 Å². The van der Waals surface area contributed by atoms with Gasteiger partial charge in [0.15, 0.2) is 17.2 Å². The second-order valence-electron chi connectivity index (χ2n) is 16.7. The summed E-state index contributed by atoms with van der Waals surface area (Å²) in [5.74, 6) is -1.25. The van der Waals surface area contributed by atoms with E-state index in [-0.39, 0.29) is 39.2 Å². The fraction of sp³-hybridized carbons (Fsp3) is 0.730. The van der Waals surface area contributed by atoms with E-state index in [0.717, 1.165) is 69.9 Å². The number of aromatic hydroxyl groups is 3. The van der Waals surface area contributed by atoms with E-state index in [9.17, 15) is 30.0 Å². The second-order valence-corrected chi connectivity index (χ2v) is 16.7. The number of benzene rings is 1. The highest BCUT2D eigenvalue weighted by Gasteiger charge is 2.69. The Balaban J connectivity index is 1.31. The molecule has 7 heteroatoms. The van der Waals surface area contributed by atoms with Crippen LogP contribution in [0.5, 0.6) is 17.2 Å². The summed E-state index contributed by atoms with van der Waals surface area (Å²) in [5, 5.41) is 40.3. The molecular weight excluding hydrogens is 556 g/mol. The van der Waals surface area contributed by atoms with E-state index in [2.05, 4.69) is 54.5 Å². The average Bonchev–Trinajstić information content (AvgIpc) is 2.95. The minimum Gasteiger partial charge on any atom is -0.504 e. The van der Waals surface area contributed by atoms with E-state index < -0.39 is 34.6 Å². The maximum Gasteiger partial charge on any atom is 0.338 e. The number of ether oxygens (including phenoxy) is 1. The summed E-state index contributed by atoms with van der Waals surface area (Å²) in [6.07, 6.45) is 10.3. The molecule has 242 valence electrons. The lowest BCUT2D eigenvalue weighted by molar-refractivity contribution is -0.206. The predicted octanol–water partition coefficient (Wildman–Crippen LogP) is 8.07. The monoisotopic (exact) mass is 608 g/mol. The van der Waals surface area contributed by atoms with Gasteiger partial charge in [-0.1, -0.05) is 60.1 Å². The molecule has 4 saturated carbocycles. The van der Waals surface area contributed by atoms with Crippen molar-refractivity contribution in [2.45, 2.75) is 112 Å². The van der Waals surface area contributed by atoms with Crippen LogP contribution >= 0.6 is 0 Å². The number of esters is 1. The Hall–Kier alpha value is -2.70. The summed E-state index contributed by atoms with van der Waals surface area (Å²) in [4.78, 5) is 26.2. The zero-order valence-electron chi connectivity index (χ0n) is 27.6. The Morgan fingerprint density at radius 3 is 2.14 bits per heavy atom. The largest absolute Gasteiger partial charge is 0.504 e. The molecule has 0 saturated heterocycles. The van der Waals surface area contributed by atoms with Gasteiger partial charge in [0.05, 0.1) is 11.0 Å². The molecule has 1 unspecified atom stereocenters. The smallest absolute Gasteiger partial charge is 0.338 e. The van der Waals surface area contributed by atoms with Crippen LogP contribution in [0.3, 0.4) is 0 Å². The molecule has 44 heavy (non-hydrogen) atoms. The summed E-state index contributed by atoms with van der Waals surface area (Å²) < 4.78 is 6.11. The van der Waals surface area contributed by atoms with Crippen molar-refractivity contribution in [1.82, 2.24) is 0 Å². The topological polar surface area (TPSA) is 124 Å². The molecule has 0 aromatic heterocycles. The van der Waals surface area contributed by atoms with Gasteiger partial charge in [0, 0.05) is 5.41 Å². The maximum absolute atomic E-state index is 13.2. The SMILES string of the molecule is C[C@@H]1CC[C@]2(C(=O)O)CC[C@]3(C)C(=CC[C@@H]4[C@@]5(C)CC[C@H](OC(=O)c6cc(O)c(O)c(O)c6)C(C)(C)[C@@H]5CC[C@]43C)C2[C@H]1C. The first-order valence-corrected chi connectivity index (χ1v) is 16.8. The van der Waals surface area contributed by atoms with E-state index in [1.165, 1.54) is 5.57 Å². The highest BCUT2D eigenvalue weighted by molar-refractivity contribution is 5.91. The van der Waals surface area contributed by atoms with Crippen molar-refractivity contribution in [2.75, 3.05) is 0 Å². The lowest BCUT2D eigenvalue weighted by Gasteiger charge is -2.71. The minimum atomic E-state index is -0.655. The lowest BCUT2D eigenvalue weighted by Crippen LogP contribution is -2.65. The highest BCUT2D eigenvalue weighted by atomic mass is 16.5. The van der Waals surface area contributed by atoms with Crippen LogP contribution in [0.1, 0.15) is 117 Å². The number of carboxylic acid groups (broad SMARTS) is 1. The summed E-state index contributed by atoms with van der Waals surface area (Å²) in [7, 11) is 0. The van der Waals surface area contributed by atoms with Crippen molar-refractivity contribution in [2.24, 2.45) is 56.7 Å². The molecule has 6 rings (SSSR count). The van der Waals surface area contributed by atoms with Crippen molar-refractivity contribution < 1.29 is 34.8 Å². The number of rotatable bonds is 3. The van der Waals surface area contributed by atoms with Crippen molar-refractivity contribution in [1.29, 1.82) is 0 Å². The molecule has 4 N–H and O–H groups in total. The number of carbonyl (C=O) groups is 2. The van der Waals surface area contributed by atoms with Crippen LogP contribution in [0.25, 0.3) is 0 Å². The van der Waals surface area contributed by atoms with Gasteiger partial charge in [-0.3, -0.25) is 4.79 Å². The van der Waals surface area contributed by atoms with Crippen LogP contribution in [0.4, 0.5) is 0 Å². The molecule has 7 nitrogen and oxygen atoms in total. The Labute approximate surface area is 262 Å². The summed E-state index contributed by atoms with van der Waals surface area (Å²) in [6.45, 7) is 16.5. The van der Waals surface area contributed by atoms with Crippen LogP contribution in [0.15, 0.2) is 23.8 Å². The number of aliphatic carboxylic acids is 1. The number of carbonyl (C=O) groups excluding carboxylic acids is 1. The fourth-order valence-electron chi connectivity index (χ4n) is 12.0. The van der Waals surface area contributed by atoms with Gasteiger partial charge < -0.3 is 25.2 Å². The van der Waals surface area contributed by atoms with Crippen molar-refractivity contribution >= 4 is 11.9 Å². The fourth-order valence-corrected chi connectivity index (χ4v) is 12.0.